The Labute approximate surface area is 225 Å². The molecule has 2 fully saturated rings. The van der Waals surface area contributed by atoms with E-state index in [4.69, 9.17) is 4.74 Å². The molecule has 0 saturated carbocycles. The van der Waals surface area contributed by atoms with Crippen molar-refractivity contribution in [1.29, 1.82) is 0 Å². The van der Waals surface area contributed by atoms with Gasteiger partial charge >= 0.3 is 0 Å². The Morgan fingerprint density at radius 2 is 1.92 bits per heavy atom. The lowest BCUT2D eigenvalue weighted by atomic mass is 9.93. The third kappa shape index (κ3) is 5.23. The molecule has 2 aromatic heterocycles. The summed E-state index contributed by atoms with van der Waals surface area (Å²) >= 11 is 1.89. The number of ether oxygens (including phenoxy) is 1. The van der Waals surface area contributed by atoms with E-state index < -0.39 is 24.7 Å². The van der Waals surface area contributed by atoms with Crippen molar-refractivity contribution >= 4 is 45.8 Å². The van der Waals surface area contributed by atoms with E-state index in [-0.39, 0.29) is 12.5 Å². The fourth-order valence-corrected chi connectivity index (χ4v) is 6.08. The van der Waals surface area contributed by atoms with E-state index in [1.165, 1.54) is 35.2 Å². The zero-order valence-corrected chi connectivity index (χ0v) is 22.9. The van der Waals surface area contributed by atoms with E-state index in [0.717, 1.165) is 23.9 Å². The molecule has 38 heavy (non-hydrogen) atoms. The number of nitrogens with one attached hydrogen (secondary N) is 1. The van der Waals surface area contributed by atoms with E-state index in [9.17, 15) is 13.9 Å². The molecule has 2 atom stereocenters. The number of rotatable bonds is 8. The molecule has 3 aromatic rings. The maximum absolute atomic E-state index is 14.5. The maximum Gasteiger partial charge on any atom is 0.293 e. The van der Waals surface area contributed by atoms with Gasteiger partial charge in [0.05, 0.1) is 6.54 Å². The van der Waals surface area contributed by atoms with Gasteiger partial charge in [-0.15, -0.1) is 0 Å². The number of anilines is 4. The first-order valence-corrected chi connectivity index (χ1v) is 14.2. The van der Waals surface area contributed by atoms with Crippen LogP contribution in [-0.2, 0) is 4.74 Å². The SMILES string of the molecule is COC1C(O)CN(c2nccc(Nc3cc4c(C(C)C)ccc(N5CC(CSC)C5)c4cn3)n2)CC1(F)F. The Bertz CT molecular complexity index is 1290. The minimum atomic E-state index is -3.24. The van der Waals surface area contributed by atoms with Crippen LogP contribution in [0.25, 0.3) is 10.8 Å². The number of aliphatic hydroxyl groups is 1. The van der Waals surface area contributed by atoms with Gasteiger partial charge in [0.1, 0.15) is 23.8 Å². The first-order chi connectivity index (χ1) is 18.2. The zero-order valence-electron chi connectivity index (χ0n) is 22.1. The number of alkyl halides is 2. The molecule has 2 saturated heterocycles. The number of hydrogen-bond donors (Lipinski definition) is 2. The highest BCUT2D eigenvalue weighted by Gasteiger charge is 2.50. The topological polar surface area (TPSA) is 86.6 Å². The number of methoxy groups -OCH3 is 1. The minimum absolute atomic E-state index is 0.0550. The van der Waals surface area contributed by atoms with E-state index in [2.05, 4.69) is 57.4 Å². The van der Waals surface area contributed by atoms with Crippen molar-refractivity contribution in [3.8, 4) is 0 Å². The van der Waals surface area contributed by atoms with Crippen LogP contribution in [0.3, 0.4) is 0 Å². The molecule has 4 heterocycles. The normalized spacial score (nSPS) is 21.7. The van der Waals surface area contributed by atoms with E-state index in [1.807, 2.05) is 24.0 Å². The highest BCUT2D eigenvalue weighted by molar-refractivity contribution is 7.98. The average Bonchev–Trinajstić information content (AvgIpc) is 2.84. The summed E-state index contributed by atoms with van der Waals surface area (Å²) in [5, 5.41) is 15.7. The lowest BCUT2D eigenvalue weighted by Crippen LogP contribution is -2.60. The first kappa shape index (κ1) is 26.8. The summed E-state index contributed by atoms with van der Waals surface area (Å²) in [6, 6.07) is 8.09. The molecule has 0 radical (unpaired) electrons. The molecular formula is C27H34F2N6O2S. The predicted molar refractivity (Wildman–Crippen MR) is 149 cm³/mol. The van der Waals surface area contributed by atoms with Gasteiger partial charge in [-0.1, -0.05) is 19.9 Å². The standard InChI is InChI=1S/C27H34F2N6O2S/c1-16(2)18-5-6-21(34-11-17(12-34)14-38-4)20-10-31-24(9-19(18)20)32-23-7-8-30-26(33-23)35-13-22(36)25(37-3)27(28,29)15-35/h5-10,16-17,22,25,36H,11-15H2,1-4H3,(H,30,31,32,33). The Morgan fingerprint density at radius 3 is 2.61 bits per heavy atom. The van der Waals surface area contributed by atoms with Gasteiger partial charge in [0, 0.05) is 56.1 Å². The summed E-state index contributed by atoms with van der Waals surface area (Å²) in [6.07, 6.45) is 2.63. The molecule has 2 N–H and O–H groups in total. The highest BCUT2D eigenvalue weighted by Crippen LogP contribution is 2.37. The van der Waals surface area contributed by atoms with Gasteiger partial charge in [0.25, 0.3) is 5.92 Å². The van der Waals surface area contributed by atoms with Crippen LogP contribution in [0.4, 0.5) is 32.1 Å². The highest BCUT2D eigenvalue weighted by atomic mass is 32.2. The molecule has 5 rings (SSSR count). The number of hydrogen-bond acceptors (Lipinski definition) is 9. The van der Waals surface area contributed by atoms with Gasteiger partial charge in [-0.25, -0.2) is 18.7 Å². The van der Waals surface area contributed by atoms with Gasteiger partial charge in [-0.2, -0.15) is 16.7 Å². The molecule has 1 aromatic carbocycles. The van der Waals surface area contributed by atoms with E-state index in [1.54, 1.807) is 6.07 Å². The van der Waals surface area contributed by atoms with E-state index in [0.29, 0.717) is 23.5 Å². The lowest BCUT2D eigenvalue weighted by molar-refractivity contribution is -0.171. The number of fused-ring (bicyclic) bond motifs is 1. The fraction of sp³-hybridized carbons (Fsp3) is 0.519. The molecule has 0 bridgehead atoms. The molecule has 2 unspecified atom stereocenters. The van der Waals surface area contributed by atoms with Gasteiger partial charge in [-0.3, -0.25) is 0 Å². The van der Waals surface area contributed by atoms with Crippen LogP contribution in [-0.4, -0.2) is 83.5 Å². The van der Waals surface area contributed by atoms with Crippen molar-refractivity contribution in [2.45, 2.75) is 37.9 Å². The second-order valence-corrected chi connectivity index (χ2v) is 11.3. The second kappa shape index (κ2) is 10.8. The van der Waals surface area contributed by atoms with Crippen molar-refractivity contribution < 1.29 is 18.6 Å². The largest absolute Gasteiger partial charge is 0.388 e. The van der Waals surface area contributed by atoms with Crippen LogP contribution in [0.15, 0.2) is 36.7 Å². The van der Waals surface area contributed by atoms with Crippen LogP contribution in [0.2, 0.25) is 0 Å². The van der Waals surface area contributed by atoms with E-state index >= 15 is 0 Å². The van der Waals surface area contributed by atoms with Gasteiger partial charge in [0.15, 0.2) is 0 Å². The van der Waals surface area contributed by atoms with Gasteiger partial charge in [-0.05, 0) is 47.1 Å². The number of aliphatic hydroxyl groups excluding tert-OH is 1. The average molecular weight is 545 g/mol. The van der Waals surface area contributed by atoms with Crippen LogP contribution in [0.1, 0.15) is 25.3 Å². The Morgan fingerprint density at radius 1 is 1.13 bits per heavy atom. The monoisotopic (exact) mass is 544 g/mol. The third-order valence-corrected chi connectivity index (χ3v) is 8.05. The van der Waals surface area contributed by atoms with Crippen LogP contribution >= 0.6 is 11.8 Å². The molecule has 0 aliphatic carbocycles. The predicted octanol–water partition coefficient (Wildman–Crippen LogP) is 4.52. The van der Waals surface area contributed by atoms with Gasteiger partial charge < -0.3 is 25.0 Å². The smallest absolute Gasteiger partial charge is 0.293 e. The number of thioether (sulfide) groups is 1. The summed E-state index contributed by atoms with van der Waals surface area (Å²) < 4.78 is 33.9. The van der Waals surface area contributed by atoms with Crippen molar-refractivity contribution in [3.05, 3.63) is 42.2 Å². The third-order valence-electron chi connectivity index (χ3n) is 7.24. The van der Waals surface area contributed by atoms with Crippen molar-refractivity contribution in [1.82, 2.24) is 15.0 Å². The number of pyridine rings is 1. The van der Waals surface area contributed by atoms with Crippen molar-refractivity contribution in [3.63, 3.8) is 0 Å². The lowest BCUT2D eigenvalue weighted by Gasteiger charge is -2.41. The van der Waals surface area contributed by atoms with Crippen LogP contribution in [0, 0.1) is 5.92 Å². The fourth-order valence-electron chi connectivity index (χ4n) is 5.40. The number of aromatic nitrogens is 3. The van der Waals surface area contributed by atoms with Crippen LogP contribution in [0.5, 0.6) is 0 Å². The summed E-state index contributed by atoms with van der Waals surface area (Å²) in [4.78, 5) is 17.0. The maximum atomic E-state index is 14.5. The second-order valence-electron chi connectivity index (χ2n) is 10.4. The molecule has 204 valence electrons. The van der Waals surface area contributed by atoms with Crippen molar-refractivity contribution in [2.24, 2.45) is 5.92 Å². The Hall–Kier alpha value is -2.76. The van der Waals surface area contributed by atoms with Crippen molar-refractivity contribution in [2.75, 3.05) is 60.4 Å². The molecule has 0 spiro atoms. The molecule has 8 nitrogen and oxygen atoms in total. The number of benzene rings is 1. The molecule has 11 heteroatoms. The first-order valence-electron chi connectivity index (χ1n) is 12.8. The summed E-state index contributed by atoms with van der Waals surface area (Å²) in [5.74, 6) is 0.116. The molecular weight excluding hydrogens is 510 g/mol. The van der Waals surface area contributed by atoms with Gasteiger partial charge in [0.2, 0.25) is 5.95 Å². The number of halogens is 2. The molecule has 0 amide bonds. The molecule has 2 aliphatic rings. The Kier molecular flexibility index (Phi) is 7.61. The quantitative estimate of drug-likeness (QED) is 0.425. The Balaban J connectivity index is 1.40. The number of β-amino-alcohol motifs (C(OH)–C–C–N with tert-alkyl or cyclic N) is 1. The molecule has 2 aliphatic heterocycles. The van der Waals surface area contributed by atoms with Crippen LogP contribution < -0.4 is 15.1 Å². The summed E-state index contributed by atoms with van der Waals surface area (Å²) in [6.45, 7) is 5.75. The summed E-state index contributed by atoms with van der Waals surface area (Å²) in [7, 11) is 1.18. The minimum Gasteiger partial charge on any atom is -0.388 e. The zero-order chi connectivity index (χ0) is 27.0. The number of nitrogens with zero attached hydrogens (tertiary/aromatic N) is 5. The number of piperidine rings is 1. The summed E-state index contributed by atoms with van der Waals surface area (Å²) in [5.41, 5.74) is 2.43.